The van der Waals surface area contributed by atoms with Gasteiger partial charge in [-0.15, -0.1) is 0 Å². The van der Waals surface area contributed by atoms with Gasteiger partial charge in [-0.2, -0.15) is 0 Å². The Morgan fingerprint density at radius 1 is 1.11 bits per heavy atom. The molecule has 0 radical (unpaired) electrons. The first-order valence-electron chi connectivity index (χ1n) is 5.77. The predicted molar refractivity (Wildman–Crippen MR) is 79.4 cm³/mol. The first-order valence-corrected chi connectivity index (χ1v) is 6.85. The fraction of sp³-hybridized carbons (Fsp3) is 0.385. The van der Waals surface area contributed by atoms with E-state index in [0.29, 0.717) is 5.56 Å². The number of hydrogen-bond acceptors (Lipinski definition) is 2. The third-order valence-corrected chi connectivity index (χ3v) is 3.23. The van der Waals surface area contributed by atoms with Gasteiger partial charge in [0, 0.05) is 9.61 Å². The quantitative estimate of drug-likeness (QED) is 0.807. The van der Waals surface area contributed by atoms with Crippen LogP contribution in [-0.2, 0) is 4.79 Å². The molecule has 1 unspecified atom stereocenters. The summed E-state index contributed by atoms with van der Waals surface area (Å²) in [6.45, 7) is 5.44. The van der Waals surface area contributed by atoms with E-state index in [9.17, 15) is 9.59 Å². The molecule has 0 saturated heterocycles. The van der Waals surface area contributed by atoms with Crippen LogP contribution in [0.2, 0.25) is 0 Å². The number of benzene rings is 1. The number of amides is 2. The smallest absolute Gasteiger partial charge is 0.252 e. The topological polar surface area (TPSA) is 58.2 Å². The van der Waals surface area contributed by atoms with Crippen molar-refractivity contribution in [3.63, 3.8) is 0 Å². The minimum atomic E-state index is -0.545. The molecule has 5 heteroatoms. The van der Waals surface area contributed by atoms with E-state index < -0.39 is 6.04 Å². The third kappa shape index (κ3) is 4.29. The molecule has 0 spiro atoms. The summed E-state index contributed by atoms with van der Waals surface area (Å²) >= 11 is 2.10. The maximum atomic E-state index is 12.0. The van der Waals surface area contributed by atoms with E-state index in [0.717, 1.165) is 3.57 Å². The van der Waals surface area contributed by atoms with Crippen molar-refractivity contribution in [2.45, 2.75) is 32.9 Å². The van der Waals surface area contributed by atoms with Crippen molar-refractivity contribution in [2.24, 2.45) is 0 Å². The highest BCUT2D eigenvalue weighted by atomic mass is 127. The van der Waals surface area contributed by atoms with Gasteiger partial charge in [-0.25, -0.2) is 0 Å². The van der Waals surface area contributed by atoms with Crippen molar-refractivity contribution < 1.29 is 9.59 Å². The van der Waals surface area contributed by atoms with E-state index in [1.165, 1.54) is 0 Å². The van der Waals surface area contributed by atoms with Crippen molar-refractivity contribution in [1.29, 1.82) is 0 Å². The van der Waals surface area contributed by atoms with Gasteiger partial charge in [-0.3, -0.25) is 9.59 Å². The lowest BCUT2D eigenvalue weighted by Gasteiger charge is -2.16. The zero-order valence-corrected chi connectivity index (χ0v) is 12.8. The van der Waals surface area contributed by atoms with Gasteiger partial charge in [-0.05, 0) is 55.5 Å². The zero-order chi connectivity index (χ0) is 13.7. The molecule has 0 bridgehead atoms. The van der Waals surface area contributed by atoms with Gasteiger partial charge in [0.05, 0.1) is 5.56 Å². The molecular formula is C13H17IN2O2. The standard InChI is InChI=1S/C13H17IN2O2/c1-8(2)15-12(17)9(3)16-13(18)10-6-4-5-7-11(10)14/h4-9H,1-3H3,(H,15,17)(H,16,18). The SMILES string of the molecule is CC(C)NC(=O)C(C)NC(=O)c1ccccc1I. The summed E-state index contributed by atoms with van der Waals surface area (Å²) in [5.41, 5.74) is 0.585. The number of nitrogens with one attached hydrogen (secondary N) is 2. The number of halogens is 1. The van der Waals surface area contributed by atoms with Crippen molar-refractivity contribution in [2.75, 3.05) is 0 Å². The van der Waals surface area contributed by atoms with Crippen LogP contribution in [0.3, 0.4) is 0 Å². The zero-order valence-electron chi connectivity index (χ0n) is 10.7. The number of carbonyl (C=O) groups excluding carboxylic acids is 2. The second-order valence-corrected chi connectivity index (χ2v) is 5.50. The minimum absolute atomic E-state index is 0.0636. The first-order chi connectivity index (χ1) is 8.41. The number of rotatable bonds is 4. The summed E-state index contributed by atoms with van der Waals surface area (Å²) in [5.74, 6) is -0.407. The van der Waals surface area contributed by atoms with E-state index in [1.807, 2.05) is 26.0 Å². The Kier molecular flexibility index (Phi) is 5.58. The van der Waals surface area contributed by atoms with Gasteiger partial charge < -0.3 is 10.6 Å². The van der Waals surface area contributed by atoms with Gasteiger partial charge in [0.2, 0.25) is 5.91 Å². The highest BCUT2D eigenvalue weighted by Gasteiger charge is 2.18. The third-order valence-electron chi connectivity index (χ3n) is 2.29. The molecule has 0 aliphatic rings. The first kappa shape index (κ1) is 14.9. The van der Waals surface area contributed by atoms with Crippen LogP contribution >= 0.6 is 22.6 Å². The van der Waals surface area contributed by atoms with Gasteiger partial charge in [0.15, 0.2) is 0 Å². The molecule has 0 aliphatic carbocycles. The van der Waals surface area contributed by atoms with Crippen LogP contribution in [-0.4, -0.2) is 23.9 Å². The molecule has 18 heavy (non-hydrogen) atoms. The van der Waals surface area contributed by atoms with Gasteiger partial charge in [0.1, 0.15) is 6.04 Å². The molecule has 1 aromatic carbocycles. The molecule has 0 aromatic heterocycles. The molecule has 0 heterocycles. The molecule has 1 atom stereocenters. The average molecular weight is 360 g/mol. The molecule has 0 saturated carbocycles. The Bertz CT molecular complexity index is 446. The monoisotopic (exact) mass is 360 g/mol. The largest absolute Gasteiger partial charge is 0.352 e. The van der Waals surface area contributed by atoms with Crippen LogP contribution in [0.25, 0.3) is 0 Å². The highest BCUT2D eigenvalue weighted by Crippen LogP contribution is 2.11. The maximum Gasteiger partial charge on any atom is 0.252 e. The normalized spacial score (nSPS) is 12.1. The molecule has 1 aromatic rings. The predicted octanol–water partition coefficient (Wildman–Crippen LogP) is 1.93. The summed E-state index contributed by atoms with van der Waals surface area (Å²) in [6.07, 6.45) is 0. The molecule has 4 nitrogen and oxygen atoms in total. The van der Waals surface area contributed by atoms with Crippen LogP contribution in [0.4, 0.5) is 0 Å². The Hall–Kier alpha value is -1.11. The average Bonchev–Trinajstić information content (AvgIpc) is 2.28. The van der Waals surface area contributed by atoms with Gasteiger partial charge in [-0.1, -0.05) is 12.1 Å². The molecule has 2 N–H and O–H groups in total. The molecule has 2 amide bonds. The van der Waals surface area contributed by atoms with Crippen molar-refractivity contribution in [3.8, 4) is 0 Å². The molecule has 0 aliphatic heterocycles. The van der Waals surface area contributed by atoms with Crippen LogP contribution < -0.4 is 10.6 Å². The Balaban J connectivity index is 2.65. The summed E-state index contributed by atoms with van der Waals surface area (Å²) < 4.78 is 0.865. The fourth-order valence-electron chi connectivity index (χ4n) is 1.39. The summed E-state index contributed by atoms with van der Waals surface area (Å²) in [7, 11) is 0. The van der Waals surface area contributed by atoms with Crippen LogP contribution in [0, 0.1) is 3.57 Å². The Morgan fingerprint density at radius 3 is 2.28 bits per heavy atom. The maximum absolute atomic E-state index is 12.0. The molecule has 1 rings (SSSR count). The minimum Gasteiger partial charge on any atom is -0.352 e. The van der Waals surface area contributed by atoms with E-state index in [2.05, 4.69) is 33.2 Å². The highest BCUT2D eigenvalue weighted by molar-refractivity contribution is 14.1. The van der Waals surface area contributed by atoms with Crippen molar-refractivity contribution in [3.05, 3.63) is 33.4 Å². The lowest BCUT2D eigenvalue weighted by molar-refractivity contribution is -0.123. The van der Waals surface area contributed by atoms with Crippen molar-refractivity contribution >= 4 is 34.4 Å². The Morgan fingerprint density at radius 2 is 1.72 bits per heavy atom. The summed E-state index contributed by atoms with van der Waals surface area (Å²) in [4.78, 5) is 23.6. The fourth-order valence-corrected chi connectivity index (χ4v) is 2.03. The van der Waals surface area contributed by atoms with Crippen LogP contribution in [0.1, 0.15) is 31.1 Å². The number of hydrogen-bond donors (Lipinski definition) is 2. The summed E-state index contributed by atoms with van der Waals surface area (Å²) in [6, 6.07) is 6.78. The molecule has 98 valence electrons. The summed E-state index contributed by atoms with van der Waals surface area (Å²) in [5, 5.41) is 5.44. The molecular weight excluding hydrogens is 343 g/mol. The van der Waals surface area contributed by atoms with Crippen LogP contribution in [0.5, 0.6) is 0 Å². The van der Waals surface area contributed by atoms with E-state index >= 15 is 0 Å². The van der Waals surface area contributed by atoms with Crippen LogP contribution in [0.15, 0.2) is 24.3 Å². The number of carbonyl (C=O) groups is 2. The lowest BCUT2D eigenvalue weighted by atomic mass is 10.2. The second-order valence-electron chi connectivity index (χ2n) is 4.34. The van der Waals surface area contributed by atoms with Gasteiger partial charge in [0.25, 0.3) is 5.91 Å². The van der Waals surface area contributed by atoms with E-state index in [4.69, 9.17) is 0 Å². The lowest BCUT2D eigenvalue weighted by Crippen LogP contribution is -2.46. The second kappa shape index (κ2) is 6.72. The van der Waals surface area contributed by atoms with E-state index in [1.54, 1.807) is 19.1 Å². The van der Waals surface area contributed by atoms with Crippen molar-refractivity contribution in [1.82, 2.24) is 10.6 Å². The molecule has 0 fully saturated rings. The van der Waals surface area contributed by atoms with E-state index in [-0.39, 0.29) is 17.9 Å². The van der Waals surface area contributed by atoms with Gasteiger partial charge >= 0.3 is 0 Å². The Labute approximate surface area is 121 Å².